The van der Waals surface area contributed by atoms with Crippen molar-refractivity contribution in [2.45, 2.75) is 180 Å². The van der Waals surface area contributed by atoms with Crippen molar-refractivity contribution < 1.29 is 47.5 Å². The summed E-state index contributed by atoms with van der Waals surface area (Å²) in [5.74, 6) is -2.39. The lowest BCUT2D eigenvalue weighted by atomic mass is 10.1. The van der Waals surface area contributed by atoms with Gasteiger partial charge in [0.2, 0.25) is 0 Å². The number of phosphoric acid groups is 1. The summed E-state index contributed by atoms with van der Waals surface area (Å²) in [5, 5.41) is 8.83. The lowest BCUT2D eigenvalue weighted by Gasteiger charge is -2.20. The van der Waals surface area contributed by atoms with E-state index in [0.717, 1.165) is 51.4 Å². The van der Waals surface area contributed by atoms with Crippen LogP contribution in [0, 0.1) is 0 Å². The third-order valence-corrected chi connectivity index (χ3v) is 8.96. The van der Waals surface area contributed by atoms with Gasteiger partial charge in [-0.25, -0.2) is 4.57 Å². The molecule has 0 aliphatic heterocycles. The number of rotatable bonds is 35. The highest BCUT2D eigenvalue weighted by Crippen LogP contribution is 2.43. The van der Waals surface area contributed by atoms with E-state index in [9.17, 15) is 23.8 Å². The average Bonchev–Trinajstić information content (AvgIpc) is 3.05. The zero-order valence-electron chi connectivity index (χ0n) is 30.1. The molecule has 0 saturated carbocycles. The molecule has 0 bridgehead atoms. The van der Waals surface area contributed by atoms with Gasteiger partial charge >= 0.3 is 25.7 Å². The Morgan fingerprint density at radius 3 is 1.52 bits per heavy atom. The van der Waals surface area contributed by atoms with Gasteiger partial charge in [-0.2, -0.15) is 0 Å². The van der Waals surface area contributed by atoms with Gasteiger partial charge in [0, 0.05) is 12.8 Å². The number of unbranched alkanes of at least 4 members (excludes halogenated alkanes) is 19. The topological polar surface area (TPSA) is 172 Å². The number of allylic oxidation sites excluding steroid dienone is 2. The fraction of sp³-hybridized carbons (Fsp3) is 0.861. The van der Waals surface area contributed by atoms with E-state index in [1.54, 1.807) is 0 Å². The Morgan fingerprint density at radius 2 is 1.04 bits per heavy atom. The van der Waals surface area contributed by atoms with E-state index in [0.29, 0.717) is 12.8 Å². The molecule has 0 aliphatic carbocycles. The minimum atomic E-state index is -4.70. The van der Waals surface area contributed by atoms with Crippen molar-refractivity contribution in [1.29, 1.82) is 0 Å². The molecule has 0 aromatic carbocycles. The molecule has 0 aromatic rings. The van der Waals surface area contributed by atoms with Crippen molar-refractivity contribution in [2.75, 3.05) is 19.8 Å². The molecule has 0 radical (unpaired) electrons. The highest BCUT2D eigenvalue weighted by atomic mass is 31.2. The molecule has 0 aromatic heterocycles. The molecule has 0 spiro atoms. The summed E-state index contributed by atoms with van der Waals surface area (Å²) in [6.07, 6.45) is 28.8. The minimum Gasteiger partial charge on any atom is -0.480 e. The molecule has 0 heterocycles. The van der Waals surface area contributed by atoms with Crippen LogP contribution in [0.3, 0.4) is 0 Å². The number of carboxylic acids is 1. The Morgan fingerprint density at radius 1 is 0.625 bits per heavy atom. The number of phosphoric ester groups is 1. The van der Waals surface area contributed by atoms with Crippen molar-refractivity contribution in [3.8, 4) is 0 Å². The van der Waals surface area contributed by atoms with Gasteiger partial charge in [0.15, 0.2) is 6.10 Å². The van der Waals surface area contributed by atoms with E-state index in [1.807, 2.05) is 0 Å². The zero-order valence-corrected chi connectivity index (χ0v) is 31.0. The van der Waals surface area contributed by atoms with Crippen molar-refractivity contribution in [2.24, 2.45) is 5.73 Å². The third-order valence-electron chi connectivity index (χ3n) is 8.01. The highest BCUT2D eigenvalue weighted by Gasteiger charge is 2.28. The number of carbonyl (C=O) groups is 3. The van der Waals surface area contributed by atoms with E-state index in [2.05, 4.69) is 30.5 Å². The molecule has 0 saturated heterocycles. The van der Waals surface area contributed by atoms with Crippen LogP contribution in [0.2, 0.25) is 0 Å². The number of hydrogen-bond donors (Lipinski definition) is 3. The predicted octanol–water partition coefficient (Wildman–Crippen LogP) is 8.95. The van der Waals surface area contributed by atoms with Crippen molar-refractivity contribution >= 4 is 25.7 Å². The lowest BCUT2D eigenvalue weighted by Crippen LogP contribution is -2.34. The SMILES string of the molecule is CCCCCCCC/C=C/CCCCCCCCCC(=O)OC[C@@H](COP(=O)(O)OC[C@@H](N)C(=O)O)OC(=O)CCCCCCCCC. The Balaban J connectivity index is 4.31. The summed E-state index contributed by atoms with van der Waals surface area (Å²) in [5.41, 5.74) is 5.30. The van der Waals surface area contributed by atoms with Crippen LogP contribution in [-0.4, -0.2) is 59.9 Å². The first-order valence-corrected chi connectivity index (χ1v) is 20.2. The summed E-state index contributed by atoms with van der Waals surface area (Å²) in [4.78, 5) is 45.5. The maximum absolute atomic E-state index is 12.4. The van der Waals surface area contributed by atoms with Gasteiger partial charge in [-0.3, -0.25) is 23.4 Å². The number of carboxylic acid groups (broad SMARTS) is 1. The van der Waals surface area contributed by atoms with E-state index in [-0.39, 0.29) is 19.4 Å². The number of hydrogen-bond acceptors (Lipinski definition) is 9. The summed E-state index contributed by atoms with van der Waals surface area (Å²) >= 11 is 0. The quantitative estimate of drug-likeness (QED) is 0.0249. The summed E-state index contributed by atoms with van der Waals surface area (Å²) in [6, 6.07) is -1.52. The summed E-state index contributed by atoms with van der Waals surface area (Å²) < 4.78 is 32.4. The largest absolute Gasteiger partial charge is 0.480 e. The van der Waals surface area contributed by atoms with Gasteiger partial charge in [0.1, 0.15) is 12.6 Å². The Bertz CT molecular complexity index is 885. The first-order chi connectivity index (χ1) is 23.1. The first kappa shape index (κ1) is 46.2. The van der Waals surface area contributed by atoms with Crippen LogP contribution in [0.1, 0.15) is 168 Å². The van der Waals surface area contributed by atoms with Crippen molar-refractivity contribution in [1.82, 2.24) is 0 Å². The number of nitrogens with two attached hydrogens (primary N) is 1. The minimum absolute atomic E-state index is 0.162. The molecular formula is C36H68NO10P. The zero-order chi connectivity index (χ0) is 35.7. The van der Waals surface area contributed by atoms with Crippen LogP contribution in [0.15, 0.2) is 12.2 Å². The Hall–Kier alpha value is -1.78. The molecule has 282 valence electrons. The fourth-order valence-electron chi connectivity index (χ4n) is 5.00. The van der Waals surface area contributed by atoms with Crippen LogP contribution in [0.4, 0.5) is 0 Å². The summed E-state index contributed by atoms with van der Waals surface area (Å²) in [6.45, 7) is 2.72. The Labute approximate surface area is 290 Å². The molecule has 4 N–H and O–H groups in total. The van der Waals surface area contributed by atoms with E-state index < -0.39 is 51.1 Å². The second-order valence-corrected chi connectivity index (χ2v) is 14.2. The van der Waals surface area contributed by atoms with Crippen LogP contribution in [0.5, 0.6) is 0 Å². The highest BCUT2D eigenvalue weighted by molar-refractivity contribution is 7.47. The molecule has 1 unspecified atom stereocenters. The number of esters is 2. The van der Waals surface area contributed by atoms with Crippen LogP contribution >= 0.6 is 7.82 Å². The van der Waals surface area contributed by atoms with Crippen molar-refractivity contribution in [3.05, 3.63) is 12.2 Å². The maximum atomic E-state index is 12.4. The lowest BCUT2D eigenvalue weighted by molar-refractivity contribution is -0.161. The second kappa shape index (κ2) is 32.4. The standard InChI is InChI=1S/C36H68NO10P/c1-3-5-7-9-11-12-13-14-15-16-17-18-19-20-22-23-25-27-34(38)44-29-32(30-45-48(42,43)46-31-33(37)36(40)41)47-35(39)28-26-24-21-10-8-6-4-2/h14-15,32-33H,3-13,16-31,37H2,1-2H3,(H,40,41)(H,42,43)/b15-14+/t32-,33+/m0/s1. The van der Waals surface area contributed by atoms with Gasteiger partial charge in [-0.15, -0.1) is 0 Å². The van der Waals surface area contributed by atoms with E-state index in [1.165, 1.54) is 77.0 Å². The molecule has 11 nitrogen and oxygen atoms in total. The van der Waals surface area contributed by atoms with Gasteiger partial charge in [-0.05, 0) is 38.5 Å². The molecule has 48 heavy (non-hydrogen) atoms. The molecule has 3 atom stereocenters. The summed E-state index contributed by atoms with van der Waals surface area (Å²) in [7, 11) is -4.70. The van der Waals surface area contributed by atoms with Crippen LogP contribution in [0.25, 0.3) is 0 Å². The van der Waals surface area contributed by atoms with E-state index >= 15 is 0 Å². The van der Waals surface area contributed by atoms with Crippen LogP contribution < -0.4 is 5.73 Å². The molecule has 0 rings (SSSR count). The van der Waals surface area contributed by atoms with Crippen molar-refractivity contribution in [3.63, 3.8) is 0 Å². The molecule has 0 aliphatic rings. The normalized spacial score (nSPS) is 14.1. The van der Waals surface area contributed by atoms with Crippen LogP contribution in [-0.2, 0) is 37.5 Å². The smallest absolute Gasteiger partial charge is 0.472 e. The third kappa shape index (κ3) is 31.5. The first-order valence-electron chi connectivity index (χ1n) is 18.7. The predicted molar refractivity (Wildman–Crippen MR) is 189 cm³/mol. The number of ether oxygens (including phenoxy) is 2. The molecule has 0 amide bonds. The van der Waals surface area contributed by atoms with E-state index in [4.69, 9.17) is 24.8 Å². The maximum Gasteiger partial charge on any atom is 0.472 e. The monoisotopic (exact) mass is 705 g/mol. The molecule has 12 heteroatoms. The second-order valence-electron chi connectivity index (χ2n) is 12.7. The van der Waals surface area contributed by atoms with Gasteiger partial charge < -0.3 is 25.2 Å². The number of aliphatic carboxylic acids is 1. The van der Waals surface area contributed by atoms with Gasteiger partial charge in [0.05, 0.1) is 13.2 Å². The average molecular weight is 706 g/mol. The van der Waals surface area contributed by atoms with Gasteiger partial charge in [0.25, 0.3) is 0 Å². The number of carbonyl (C=O) groups excluding carboxylic acids is 2. The molecular weight excluding hydrogens is 637 g/mol. The fourth-order valence-corrected chi connectivity index (χ4v) is 5.78. The van der Waals surface area contributed by atoms with Gasteiger partial charge in [-0.1, -0.05) is 129 Å². The molecule has 0 fully saturated rings. The Kier molecular flexibility index (Phi) is 31.2.